The second-order valence-electron chi connectivity index (χ2n) is 10.4. The molecule has 0 saturated carbocycles. The Bertz CT molecular complexity index is 1520. The topological polar surface area (TPSA) is 139 Å². The van der Waals surface area contributed by atoms with E-state index in [1.807, 2.05) is 26.0 Å². The predicted octanol–water partition coefficient (Wildman–Crippen LogP) is 3.94. The third kappa shape index (κ3) is 7.50. The van der Waals surface area contributed by atoms with E-state index in [4.69, 9.17) is 4.74 Å². The summed E-state index contributed by atoms with van der Waals surface area (Å²) in [4.78, 5) is 66.2. The number of benzene rings is 3. The first kappa shape index (κ1) is 30.6. The van der Waals surface area contributed by atoms with Gasteiger partial charge in [0.05, 0.1) is 10.6 Å². The zero-order chi connectivity index (χ0) is 31.1. The molecule has 11 nitrogen and oxygen atoms in total. The lowest BCUT2D eigenvalue weighted by Crippen LogP contribution is -2.56. The van der Waals surface area contributed by atoms with Crippen molar-refractivity contribution in [3.8, 4) is 5.75 Å². The molecule has 3 amide bonds. The number of amides is 3. The Balaban J connectivity index is 1.60. The Hall–Kier alpha value is -5.32. The largest absolute Gasteiger partial charge is 0.425 e. The molecule has 0 bridgehead atoms. The number of hydrogen-bond donors (Lipinski definition) is 1. The Morgan fingerprint density at radius 3 is 2.12 bits per heavy atom. The van der Waals surface area contributed by atoms with Crippen molar-refractivity contribution in [2.45, 2.75) is 39.3 Å². The molecular formula is C32H32N4O7. The molecule has 2 unspecified atom stereocenters. The van der Waals surface area contributed by atoms with E-state index in [1.165, 1.54) is 41.0 Å². The van der Waals surface area contributed by atoms with Crippen LogP contribution in [0.4, 0.5) is 5.69 Å². The van der Waals surface area contributed by atoms with Gasteiger partial charge < -0.3 is 15.0 Å². The minimum absolute atomic E-state index is 0.0764. The first-order valence-corrected chi connectivity index (χ1v) is 13.7. The summed E-state index contributed by atoms with van der Waals surface area (Å²) in [6, 6.07) is 21.0. The smallest absolute Gasteiger partial charge is 0.334 e. The Morgan fingerprint density at radius 2 is 1.56 bits per heavy atom. The molecule has 1 aliphatic heterocycles. The molecule has 0 aliphatic carbocycles. The van der Waals surface area contributed by atoms with Crippen molar-refractivity contribution in [1.29, 1.82) is 0 Å². The molecule has 0 aromatic heterocycles. The van der Waals surface area contributed by atoms with Gasteiger partial charge in [0.2, 0.25) is 11.8 Å². The standard InChI is InChI=1S/C32H32N4O7/c1-21(2)30-31(39)35(28(19-34(30)22(3)37)24-12-8-5-9-13-24)20-29(38)33-27(18-23-10-6-4-7-11-23)32(40)43-26-16-14-25(15-17-26)36(41)42/h4-17,19,21,27,30H,18,20H2,1-3H3,(H,33,38). The molecule has 1 aliphatic rings. The van der Waals surface area contributed by atoms with Crippen molar-refractivity contribution >= 4 is 35.1 Å². The van der Waals surface area contributed by atoms with Gasteiger partial charge in [0.25, 0.3) is 11.6 Å². The summed E-state index contributed by atoms with van der Waals surface area (Å²) >= 11 is 0. The van der Waals surface area contributed by atoms with Crippen molar-refractivity contribution in [3.05, 3.63) is 112 Å². The summed E-state index contributed by atoms with van der Waals surface area (Å²) in [6.45, 7) is 4.61. The number of carbonyl (C=O) groups excluding carboxylic acids is 4. The number of nitro benzene ring substituents is 1. The highest BCUT2D eigenvalue weighted by Crippen LogP contribution is 2.30. The number of nitro groups is 1. The van der Waals surface area contributed by atoms with Gasteiger partial charge in [0.1, 0.15) is 24.4 Å². The fourth-order valence-corrected chi connectivity index (χ4v) is 4.82. The van der Waals surface area contributed by atoms with Crippen LogP contribution >= 0.6 is 0 Å². The lowest BCUT2D eigenvalue weighted by molar-refractivity contribution is -0.384. The minimum Gasteiger partial charge on any atom is -0.425 e. The van der Waals surface area contributed by atoms with E-state index in [1.54, 1.807) is 54.7 Å². The van der Waals surface area contributed by atoms with Gasteiger partial charge in [-0.1, -0.05) is 74.5 Å². The fraction of sp³-hybridized carbons (Fsp3) is 0.250. The Kier molecular flexibility index (Phi) is 9.66. The van der Waals surface area contributed by atoms with Gasteiger partial charge in [-0.15, -0.1) is 0 Å². The van der Waals surface area contributed by atoms with Crippen LogP contribution in [-0.2, 0) is 25.6 Å². The van der Waals surface area contributed by atoms with Crippen molar-refractivity contribution in [3.63, 3.8) is 0 Å². The second-order valence-corrected chi connectivity index (χ2v) is 10.4. The van der Waals surface area contributed by atoms with Crippen molar-refractivity contribution in [2.75, 3.05) is 6.54 Å². The van der Waals surface area contributed by atoms with Crippen LogP contribution < -0.4 is 10.1 Å². The number of esters is 1. The molecule has 3 aromatic rings. The molecule has 0 radical (unpaired) electrons. The maximum Gasteiger partial charge on any atom is 0.334 e. The van der Waals surface area contributed by atoms with Gasteiger partial charge in [0, 0.05) is 31.7 Å². The quantitative estimate of drug-likeness (QED) is 0.165. The summed E-state index contributed by atoms with van der Waals surface area (Å²) in [5.74, 6) is -2.28. The number of rotatable bonds is 10. The van der Waals surface area contributed by atoms with Gasteiger partial charge in [-0.25, -0.2) is 4.79 Å². The third-order valence-electron chi connectivity index (χ3n) is 6.91. The maximum absolute atomic E-state index is 13.8. The van der Waals surface area contributed by atoms with Crippen LogP contribution in [0, 0.1) is 16.0 Å². The average molecular weight is 585 g/mol. The molecule has 4 rings (SSSR count). The first-order valence-electron chi connectivity index (χ1n) is 13.7. The Labute approximate surface area is 248 Å². The number of non-ortho nitro benzene ring substituents is 1. The molecule has 11 heteroatoms. The third-order valence-corrected chi connectivity index (χ3v) is 6.91. The molecule has 43 heavy (non-hydrogen) atoms. The zero-order valence-electron chi connectivity index (χ0n) is 24.0. The van der Waals surface area contributed by atoms with Gasteiger partial charge in [-0.05, 0) is 29.2 Å². The molecular weight excluding hydrogens is 552 g/mol. The lowest BCUT2D eigenvalue weighted by atomic mass is 9.97. The molecule has 222 valence electrons. The van der Waals surface area contributed by atoms with Crippen LogP contribution in [0.2, 0.25) is 0 Å². The van der Waals surface area contributed by atoms with Gasteiger partial charge in [0.15, 0.2) is 0 Å². The number of carbonyl (C=O) groups is 4. The van der Waals surface area contributed by atoms with Crippen LogP contribution in [-0.4, -0.2) is 57.0 Å². The lowest BCUT2D eigenvalue weighted by Gasteiger charge is -2.40. The Morgan fingerprint density at radius 1 is 0.953 bits per heavy atom. The minimum atomic E-state index is -1.14. The molecule has 1 heterocycles. The highest BCUT2D eigenvalue weighted by Gasteiger charge is 2.40. The first-order chi connectivity index (χ1) is 20.5. The molecule has 0 spiro atoms. The van der Waals surface area contributed by atoms with Crippen molar-refractivity contribution in [1.82, 2.24) is 15.1 Å². The molecule has 0 saturated heterocycles. The normalized spacial score (nSPS) is 15.5. The summed E-state index contributed by atoms with van der Waals surface area (Å²) in [6.07, 6.45) is 1.68. The van der Waals surface area contributed by atoms with Crippen LogP contribution in [0.5, 0.6) is 5.75 Å². The number of nitrogens with zero attached hydrogens (tertiary/aromatic N) is 3. The molecule has 1 N–H and O–H groups in total. The SMILES string of the molecule is CC(=O)N1C=C(c2ccccc2)N(CC(=O)NC(Cc2ccccc2)C(=O)Oc2ccc([N+](=O)[O-])cc2)C(=O)C1C(C)C. The summed E-state index contributed by atoms with van der Waals surface area (Å²) in [5.41, 5.74) is 1.60. The van der Waals surface area contributed by atoms with Crippen molar-refractivity contribution < 1.29 is 28.8 Å². The van der Waals surface area contributed by atoms with Crippen LogP contribution in [0.1, 0.15) is 31.9 Å². The zero-order valence-corrected chi connectivity index (χ0v) is 24.0. The van der Waals surface area contributed by atoms with Gasteiger partial charge in [-0.3, -0.25) is 29.4 Å². The summed E-state index contributed by atoms with van der Waals surface area (Å²) < 4.78 is 5.46. The molecule has 3 aromatic carbocycles. The van der Waals surface area contributed by atoms with E-state index >= 15 is 0 Å². The monoisotopic (exact) mass is 584 g/mol. The summed E-state index contributed by atoms with van der Waals surface area (Å²) in [5, 5.41) is 13.7. The number of ether oxygens (including phenoxy) is 1. The van der Waals surface area contributed by atoms with E-state index in [0.29, 0.717) is 11.3 Å². The van der Waals surface area contributed by atoms with E-state index < -0.39 is 41.3 Å². The number of hydrogen-bond acceptors (Lipinski definition) is 7. The van der Waals surface area contributed by atoms with E-state index in [2.05, 4.69) is 5.32 Å². The van der Waals surface area contributed by atoms with Gasteiger partial charge in [-0.2, -0.15) is 0 Å². The van der Waals surface area contributed by atoms with Crippen LogP contribution in [0.3, 0.4) is 0 Å². The molecule has 0 fully saturated rings. The number of nitrogens with one attached hydrogen (secondary N) is 1. The van der Waals surface area contributed by atoms with E-state index in [-0.39, 0.29) is 29.7 Å². The van der Waals surface area contributed by atoms with Gasteiger partial charge >= 0.3 is 5.97 Å². The van der Waals surface area contributed by atoms with E-state index in [0.717, 1.165) is 5.56 Å². The highest BCUT2D eigenvalue weighted by atomic mass is 16.6. The predicted molar refractivity (Wildman–Crippen MR) is 158 cm³/mol. The van der Waals surface area contributed by atoms with E-state index in [9.17, 15) is 29.3 Å². The van der Waals surface area contributed by atoms with Crippen molar-refractivity contribution in [2.24, 2.45) is 5.92 Å². The second kappa shape index (κ2) is 13.6. The maximum atomic E-state index is 13.8. The highest BCUT2D eigenvalue weighted by molar-refractivity contribution is 6.00. The summed E-state index contributed by atoms with van der Waals surface area (Å²) in [7, 11) is 0. The fourth-order valence-electron chi connectivity index (χ4n) is 4.82. The average Bonchev–Trinajstić information content (AvgIpc) is 2.98. The molecule has 2 atom stereocenters. The van der Waals surface area contributed by atoms with Crippen LogP contribution in [0.15, 0.2) is 91.1 Å². The van der Waals surface area contributed by atoms with Crippen LogP contribution in [0.25, 0.3) is 5.70 Å².